The highest BCUT2D eigenvalue weighted by Gasteiger charge is 2.27. The fraction of sp³-hybridized carbons (Fsp3) is 0.571. The maximum Gasteiger partial charge on any atom is 0.417 e. The van der Waals surface area contributed by atoms with Gasteiger partial charge in [-0.05, 0) is 40.7 Å². The standard InChI is InChI=1S/C14H22N4O4/c1-9(2)18(13(21)22-14(3,4)5)12-15-7-6-10(17-12)16-8-11(19)20/h6-7,9H,8H2,1-5H3,(H,19,20)(H,15,16,17). The molecule has 0 atom stereocenters. The molecule has 1 rings (SSSR count). The van der Waals surface area contributed by atoms with E-state index in [2.05, 4.69) is 15.3 Å². The maximum atomic E-state index is 12.3. The third kappa shape index (κ3) is 5.55. The predicted octanol–water partition coefficient (Wildman–Crippen LogP) is 2.12. The number of nitrogens with one attached hydrogen (secondary N) is 1. The molecule has 0 aliphatic carbocycles. The van der Waals surface area contributed by atoms with Gasteiger partial charge in [-0.25, -0.2) is 14.7 Å². The van der Waals surface area contributed by atoms with Crippen molar-refractivity contribution in [2.24, 2.45) is 0 Å². The van der Waals surface area contributed by atoms with Crippen LogP contribution in [0.1, 0.15) is 34.6 Å². The molecule has 0 fully saturated rings. The van der Waals surface area contributed by atoms with Crippen LogP contribution in [0.15, 0.2) is 12.3 Å². The number of anilines is 2. The zero-order valence-corrected chi connectivity index (χ0v) is 13.5. The van der Waals surface area contributed by atoms with Crippen LogP contribution < -0.4 is 10.2 Å². The topological polar surface area (TPSA) is 105 Å². The quantitative estimate of drug-likeness (QED) is 0.858. The lowest BCUT2D eigenvalue weighted by Gasteiger charge is -2.28. The second-order valence-corrected chi connectivity index (χ2v) is 5.93. The Morgan fingerprint density at radius 1 is 1.41 bits per heavy atom. The number of hydrogen-bond acceptors (Lipinski definition) is 6. The Kier molecular flexibility index (Phi) is 5.67. The fourth-order valence-electron chi connectivity index (χ4n) is 1.56. The Bertz CT molecular complexity index is 540. The number of carbonyl (C=O) groups excluding carboxylic acids is 1. The third-order valence-corrected chi connectivity index (χ3v) is 2.39. The molecule has 0 aliphatic rings. The van der Waals surface area contributed by atoms with E-state index in [1.807, 2.05) is 13.8 Å². The highest BCUT2D eigenvalue weighted by Crippen LogP contribution is 2.18. The van der Waals surface area contributed by atoms with Gasteiger partial charge in [-0.2, -0.15) is 4.98 Å². The monoisotopic (exact) mass is 310 g/mol. The van der Waals surface area contributed by atoms with E-state index in [1.165, 1.54) is 17.2 Å². The van der Waals surface area contributed by atoms with Crippen LogP contribution in [0.25, 0.3) is 0 Å². The molecule has 1 heterocycles. The summed E-state index contributed by atoms with van der Waals surface area (Å²) in [5, 5.41) is 11.3. The van der Waals surface area contributed by atoms with Crippen molar-refractivity contribution >= 4 is 23.8 Å². The molecule has 0 bridgehead atoms. The summed E-state index contributed by atoms with van der Waals surface area (Å²) >= 11 is 0. The summed E-state index contributed by atoms with van der Waals surface area (Å²) in [7, 11) is 0. The van der Waals surface area contributed by atoms with Gasteiger partial charge in [-0.15, -0.1) is 0 Å². The number of carboxylic acids is 1. The second kappa shape index (κ2) is 7.06. The average molecular weight is 310 g/mol. The van der Waals surface area contributed by atoms with Gasteiger partial charge in [0.05, 0.1) is 0 Å². The summed E-state index contributed by atoms with van der Waals surface area (Å²) in [4.78, 5) is 32.4. The first-order valence-electron chi connectivity index (χ1n) is 6.91. The highest BCUT2D eigenvalue weighted by atomic mass is 16.6. The van der Waals surface area contributed by atoms with Crippen molar-refractivity contribution in [3.8, 4) is 0 Å². The van der Waals surface area contributed by atoms with Crippen molar-refractivity contribution in [1.82, 2.24) is 9.97 Å². The zero-order valence-electron chi connectivity index (χ0n) is 13.5. The number of carbonyl (C=O) groups is 2. The van der Waals surface area contributed by atoms with E-state index >= 15 is 0 Å². The summed E-state index contributed by atoms with van der Waals surface area (Å²) < 4.78 is 5.35. The lowest BCUT2D eigenvalue weighted by atomic mass is 10.2. The first-order chi connectivity index (χ1) is 10.1. The molecular weight excluding hydrogens is 288 g/mol. The van der Waals surface area contributed by atoms with E-state index in [0.717, 1.165) is 0 Å². The van der Waals surface area contributed by atoms with Gasteiger partial charge in [0.1, 0.15) is 18.0 Å². The Balaban J connectivity index is 2.99. The molecule has 122 valence electrons. The van der Waals surface area contributed by atoms with Gasteiger partial charge >= 0.3 is 12.1 Å². The van der Waals surface area contributed by atoms with Gasteiger partial charge < -0.3 is 15.2 Å². The summed E-state index contributed by atoms with van der Waals surface area (Å²) in [5.74, 6) is -0.533. The van der Waals surface area contributed by atoms with Crippen LogP contribution in [0.4, 0.5) is 16.6 Å². The molecule has 0 radical (unpaired) electrons. The molecule has 1 amide bonds. The number of rotatable bonds is 5. The first kappa shape index (κ1) is 17.7. The minimum atomic E-state index is -1.01. The Morgan fingerprint density at radius 2 is 2.05 bits per heavy atom. The average Bonchev–Trinajstić information content (AvgIpc) is 2.34. The first-order valence-corrected chi connectivity index (χ1v) is 6.91. The highest BCUT2D eigenvalue weighted by molar-refractivity contribution is 5.86. The lowest BCUT2D eigenvalue weighted by molar-refractivity contribution is -0.134. The molecule has 22 heavy (non-hydrogen) atoms. The van der Waals surface area contributed by atoms with Gasteiger partial charge in [-0.1, -0.05) is 0 Å². The third-order valence-electron chi connectivity index (χ3n) is 2.39. The van der Waals surface area contributed by atoms with Crippen LogP contribution in [-0.2, 0) is 9.53 Å². The molecule has 8 nitrogen and oxygen atoms in total. The Labute approximate surface area is 129 Å². The SMILES string of the molecule is CC(C)N(C(=O)OC(C)(C)C)c1nccc(NCC(=O)O)n1. The number of nitrogens with zero attached hydrogens (tertiary/aromatic N) is 3. The Hall–Kier alpha value is -2.38. The minimum Gasteiger partial charge on any atom is -0.480 e. The van der Waals surface area contributed by atoms with Gasteiger partial charge in [0.2, 0.25) is 5.95 Å². The van der Waals surface area contributed by atoms with E-state index in [4.69, 9.17) is 9.84 Å². The normalized spacial score (nSPS) is 11.2. The summed E-state index contributed by atoms with van der Waals surface area (Å²) in [6.45, 7) is 8.67. The number of ether oxygens (including phenoxy) is 1. The fourth-order valence-corrected chi connectivity index (χ4v) is 1.56. The summed E-state index contributed by atoms with van der Waals surface area (Å²) in [6.07, 6.45) is 0.893. The summed E-state index contributed by atoms with van der Waals surface area (Å²) in [5.41, 5.74) is -0.636. The second-order valence-electron chi connectivity index (χ2n) is 5.93. The van der Waals surface area contributed by atoms with Crippen LogP contribution >= 0.6 is 0 Å². The number of carboxylic acid groups (broad SMARTS) is 1. The van der Waals surface area contributed by atoms with Crippen LogP contribution in [0.2, 0.25) is 0 Å². The van der Waals surface area contributed by atoms with E-state index in [-0.39, 0.29) is 18.5 Å². The molecular formula is C14H22N4O4. The predicted molar refractivity (Wildman–Crippen MR) is 82.0 cm³/mol. The van der Waals surface area contributed by atoms with Crippen LogP contribution in [0, 0.1) is 0 Å². The van der Waals surface area contributed by atoms with Crippen LogP contribution in [-0.4, -0.2) is 45.3 Å². The number of amides is 1. The van der Waals surface area contributed by atoms with Crippen LogP contribution in [0.3, 0.4) is 0 Å². The number of hydrogen-bond donors (Lipinski definition) is 2. The molecule has 0 aromatic carbocycles. The van der Waals surface area contributed by atoms with Crippen molar-refractivity contribution in [2.45, 2.75) is 46.3 Å². The van der Waals surface area contributed by atoms with E-state index in [1.54, 1.807) is 20.8 Å². The molecule has 0 unspecified atom stereocenters. The molecule has 0 aliphatic heterocycles. The van der Waals surface area contributed by atoms with E-state index < -0.39 is 17.7 Å². The minimum absolute atomic E-state index is 0.152. The largest absolute Gasteiger partial charge is 0.480 e. The molecule has 0 saturated carbocycles. The molecule has 8 heteroatoms. The molecule has 2 N–H and O–H groups in total. The van der Waals surface area contributed by atoms with Gasteiger partial charge in [0.25, 0.3) is 0 Å². The van der Waals surface area contributed by atoms with E-state index in [0.29, 0.717) is 5.82 Å². The number of aliphatic carboxylic acids is 1. The molecule has 0 spiro atoms. The van der Waals surface area contributed by atoms with Crippen molar-refractivity contribution < 1.29 is 19.4 Å². The van der Waals surface area contributed by atoms with Crippen molar-refractivity contribution in [3.05, 3.63) is 12.3 Å². The van der Waals surface area contributed by atoms with Gasteiger partial charge in [-0.3, -0.25) is 4.79 Å². The van der Waals surface area contributed by atoms with Crippen molar-refractivity contribution in [2.75, 3.05) is 16.8 Å². The Morgan fingerprint density at radius 3 is 2.55 bits per heavy atom. The smallest absolute Gasteiger partial charge is 0.417 e. The van der Waals surface area contributed by atoms with Crippen molar-refractivity contribution in [3.63, 3.8) is 0 Å². The van der Waals surface area contributed by atoms with E-state index in [9.17, 15) is 9.59 Å². The van der Waals surface area contributed by atoms with Crippen molar-refractivity contribution in [1.29, 1.82) is 0 Å². The molecule has 1 aromatic heterocycles. The van der Waals surface area contributed by atoms with Crippen LogP contribution in [0.5, 0.6) is 0 Å². The molecule has 1 aromatic rings. The number of aromatic nitrogens is 2. The van der Waals surface area contributed by atoms with Gasteiger partial charge in [0.15, 0.2) is 0 Å². The maximum absolute atomic E-state index is 12.3. The summed E-state index contributed by atoms with van der Waals surface area (Å²) in [6, 6.07) is 1.31. The van der Waals surface area contributed by atoms with Gasteiger partial charge in [0, 0.05) is 12.2 Å². The lowest BCUT2D eigenvalue weighted by Crippen LogP contribution is -2.42. The molecule has 0 saturated heterocycles. The zero-order chi connectivity index (χ0) is 16.9.